The van der Waals surface area contributed by atoms with E-state index in [-0.39, 0.29) is 17.9 Å². The first kappa shape index (κ1) is 23.9. The van der Waals surface area contributed by atoms with E-state index < -0.39 is 5.41 Å². The molecule has 1 atom stereocenters. The molecule has 6 nitrogen and oxygen atoms in total. The van der Waals surface area contributed by atoms with E-state index in [1.807, 2.05) is 90.0 Å². The first-order chi connectivity index (χ1) is 17.6. The molecule has 2 aromatic heterocycles. The molecule has 3 heterocycles. The lowest BCUT2D eigenvalue weighted by Crippen LogP contribution is -2.53. The molecule has 4 aromatic rings. The van der Waals surface area contributed by atoms with Crippen molar-refractivity contribution >= 4 is 23.2 Å². The first-order valence-corrected chi connectivity index (χ1v) is 13.0. The summed E-state index contributed by atoms with van der Waals surface area (Å²) < 4.78 is 0. The molecule has 7 heteroatoms. The molecule has 1 fully saturated rings. The highest BCUT2D eigenvalue weighted by Crippen LogP contribution is 2.37. The summed E-state index contributed by atoms with van der Waals surface area (Å²) in [6.45, 7) is 2.99. The van der Waals surface area contributed by atoms with Gasteiger partial charge in [0, 0.05) is 36.4 Å². The van der Waals surface area contributed by atoms with Crippen molar-refractivity contribution in [2.75, 3.05) is 13.1 Å². The van der Waals surface area contributed by atoms with Crippen molar-refractivity contribution in [3.05, 3.63) is 107 Å². The molecule has 1 aliphatic heterocycles. The second kappa shape index (κ2) is 10.4. The molecule has 0 spiro atoms. The van der Waals surface area contributed by atoms with Gasteiger partial charge in [0.05, 0.1) is 11.5 Å². The minimum absolute atomic E-state index is 0.00536. The van der Waals surface area contributed by atoms with Crippen LogP contribution in [0.15, 0.2) is 90.6 Å². The Morgan fingerprint density at radius 3 is 2.25 bits per heavy atom. The molecule has 2 aromatic carbocycles. The van der Waals surface area contributed by atoms with Crippen molar-refractivity contribution in [2.45, 2.75) is 31.2 Å². The van der Waals surface area contributed by atoms with Gasteiger partial charge < -0.3 is 10.2 Å². The number of carbonyl (C=O) groups is 2. The second-order valence-corrected chi connectivity index (χ2v) is 9.98. The molecule has 1 N–H and O–H groups in total. The number of rotatable bonds is 6. The predicted molar refractivity (Wildman–Crippen MR) is 142 cm³/mol. The summed E-state index contributed by atoms with van der Waals surface area (Å²) in [6, 6.07) is 23.6. The molecule has 0 radical (unpaired) electrons. The van der Waals surface area contributed by atoms with Gasteiger partial charge in [0.1, 0.15) is 10.7 Å². The van der Waals surface area contributed by atoms with Gasteiger partial charge in [-0.2, -0.15) is 0 Å². The molecule has 36 heavy (non-hydrogen) atoms. The number of amides is 2. The van der Waals surface area contributed by atoms with E-state index in [1.165, 1.54) is 11.3 Å². The molecule has 0 bridgehead atoms. The zero-order chi connectivity index (χ0) is 25.0. The van der Waals surface area contributed by atoms with Crippen LogP contribution < -0.4 is 5.32 Å². The minimum Gasteiger partial charge on any atom is -0.349 e. The molecule has 0 unspecified atom stereocenters. The Hall–Kier alpha value is -3.84. The summed E-state index contributed by atoms with van der Waals surface area (Å²) in [5.41, 5.74) is 2.76. The van der Waals surface area contributed by atoms with Gasteiger partial charge in [-0.1, -0.05) is 60.7 Å². The maximum atomic E-state index is 13.8. The maximum absolute atomic E-state index is 13.8. The summed E-state index contributed by atoms with van der Waals surface area (Å²) in [7, 11) is 0. The zero-order valence-corrected chi connectivity index (χ0v) is 20.9. The summed E-state index contributed by atoms with van der Waals surface area (Å²) >= 11 is 1.45. The number of carbonyl (C=O) groups excluding carboxylic acids is 2. The number of nitrogens with zero attached hydrogens (tertiary/aromatic N) is 3. The van der Waals surface area contributed by atoms with Gasteiger partial charge >= 0.3 is 0 Å². The van der Waals surface area contributed by atoms with Crippen LogP contribution in [0.3, 0.4) is 0 Å². The SMILES string of the molecule is C[C@H](NC(=O)C1(c2ccccc2)CCN(C(=O)c2csc(-c3ccncc3)n2)CC1)c1ccccc1. The van der Waals surface area contributed by atoms with E-state index in [0.717, 1.165) is 21.7 Å². The highest BCUT2D eigenvalue weighted by molar-refractivity contribution is 7.13. The third-order valence-corrected chi connectivity index (χ3v) is 7.85. The minimum atomic E-state index is -0.689. The van der Waals surface area contributed by atoms with Crippen molar-refractivity contribution in [3.63, 3.8) is 0 Å². The van der Waals surface area contributed by atoms with Gasteiger partial charge in [0.2, 0.25) is 5.91 Å². The Morgan fingerprint density at radius 2 is 1.58 bits per heavy atom. The number of hydrogen-bond acceptors (Lipinski definition) is 5. The Labute approximate surface area is 215 Å². The van der Waals surface area contributed by atoms with Crippen LogP contribution in [-0.4, -0.2) is 39.8 Å². The lowest BCUT2D eigenvalue weighted by atomic mass is 9.71. The number of hydrogen-bond donors (Lipinski definition) is 1. The zero-order valence-electron chi connectivity index (χ0n) is 20.1. The first-order valence-electron chi connectivity index (χ1n) is 12.1. The van der Waals surface area contributed by atoms with Crippen LogP contribution in [0.25, 0.3) is 10.6 Å². The average Bonchev–Trinajstić information content (AvgIpc) is 3.44. The predicted octanol–water partition coefficient (Wildman–Crippen LogP) is 5.26. The Bertz CT molecular complexity index is 1320. The normalized spacial score (nSPS) is 15.8. The monoisotopic (exact) mass is 496 g/mol. The molecule has 1 saturated heterocycles. The van der Waals surface area contributed by atoms with Crippen molar-refractivity contribution < 1.29 is 9.59 Å². The fourth-order valence-corrected chi connectivity index (χ4v) is 5.62. The topological polar surface area (TPSA) is 75.2 Å². The van der Waals surface area contributed by atoms with Crippen LogP contribution in [0.4, 0.5) is 0 Å². The van der Waals surface area contributed by atoms with Crippen molar-refractivity contribution in [3.8, 4) is 10.6 Å². The number of aromatic nitrogens is 2. The lowest BCUT2D eigenvalue weighted by molar-refractivity contribution is -0.129. The van der Waals surface area contributed by atoms with Crippen molar-refractivity contribution in [1.29, 1.82) is 0 Å². The molecular formula is C29H28N4O2S. The molecule has 2 amide bonds. The van der Waals surface area contributed by atoms with Crippen LogP contribution in [0.2, 0.25) is 0 Å². The fourth-order valence-electron chi connectivity index (χ4n) is 4.82. The summed E-state index contributed by atoms with van der Waals surface area (Å²) in [6.07, 6.45) is 4.54. The van der Waals surface area contributed by atoms with E-state index in [0.29, 0.717) is 31.6 Å². The van der Waals surface area contributed by atoms with Gasteiger partial charge in [-0.05, 0) is 43.0 Å². The highest BCUT2D eigenvalue weighted by Gasteiger charge is 2.44. The molecule has 5 rings (SSSR count). The van der Waals surface area contributed by atoms with Gasteiger partial charge in [-0.3, -0.25) is 14.6 Å². The number of pyridine rings is 1. The molecular weight excluding hydrogens is 468 g/mol. The van der Waals surface area contributed by atoms with Crippen LogP contribution in [0, 0.1) is 0 Å². The molecule has 0 saturated carbocycles. The lowest BCUT2D eigenvalue weighted by Gasteiger charge is -2.41. The van der Waals surface area contributed by atoms with E-state index in [4.69, 9.17) is 0 Å². The van der Waals surface area contributed by atoms with Gasteiger partial charge in [0.25, 0.3) is 5.91 Å². The van der Waals surface area contributed by atoms with Crippen LogP contribution in [-0.2, 0) is 10.2 Å². The average molecular weight is 497 g/mol. The largest absolute Gasteiger partial charge is 0.349 e. The number of likely N-dealkylation sites (tertiary alicyclic amines) is 1. The summed E-state index contributed by atoms with van der Waals surface area (Å²) in [4.78, 5) is 37.5. The third kappa shape index (κ3) is 4.79. The third-order valence-electron chi connectivity index (χ3n) is 6.96. The van der Waals surface area contributed by atoms with Gasteiger partial charge in [-0.25, -0.2) is 4.98 Å². The van der Waals surface area contributed by atoms with Crippen LogP contribution in [0.1, 0.15) is 47.4 Å². The van der Waals surface area contributed by atoms with Gasteiger partial charge in [0.15, 0.2) is 0 Å². The standard InChI is InChI=1S/C29H28N4O2S/c1-21(22-8-4-2-5-9-22)31-28(35)29(24-10-6-3-7-11-24)14-18-33(19-15-29)27(34)25-20-36-26(32-25)23-12-16-30-17-13-23/h2-13,16-17,20-21H,14-15,18-19H2,1H3,(H,31,35)/t21-/m0/s1. The highest BCUT2D eigenvalue weighted by atomic mass is 32.1. The van der Waals surface area contributed by atoms with E-state index in [9.17, 15) is 9.59 Å². The smallest absolute Gasteiger partial charge is 0.273 e. The van der Waals surface area contributed by atoms with E-state index >= 15 is 0 Å². The van der Waals surface area contributed by atoms with Gasteiger partial charge in [-0.15, -0.1) is 11.3 Å². The van der Waals surface area contributed by atoms with E-state index in [1.54, 1.807) is 12.4 Å². The molecule has 1 aliphatic rings. The Balaban J connectivity index is 1.33. The number of benzene rings is 2. The van der Waals surface area contributed by atoms with Crippen LogP contribution >= 0.6 is 11.3 Å². The Morgan fingerprint density at radius 1 is 0.944 bits per heavy atom. The molecule has 182 valence electrons. The Kier molecular flexibility index (Phi) is 6.91. The maximum Gasteiger partial charge on any atom is 0.273 e. The number of thiazole rings is 1. The number of piperidine rings is 1. The second-order valence-electron chi connectivity index (χ2n) is 9.12. The van der Waals surface area contributed by atoms with Crippen molar-refractivity contribution in [2.24, 2.45) is 0 Å². The van der Waals surface area contributed by atoms with Crippen molar-refractivity contribution in [1.82, 2.24) is 20.2 Å². The summed E-state index contributed by atoms with van der Waals surface area (Å²) in [5, 5.41) is 5.85. The van der Waals surface area contributed by atoms with Crippen LogP contribution in [0.5, 0.6) is 0 Å². The quantitative estimate of drug-likeness (QED) is 0.395. The van der Waals surface area contributed by atoms with E-state index in [2.05, 4.69) is 15.3 Å². The molecule has 0 aliphatic carbocycles. The fraction of sp³-hybridized carbons (Fsp3) is 0.241. The summed E-state index contributed by atoms with van der Waals surface area (Å²) in [5.74, 6) is -0.0861. The number of nitrogens with one attached hydrogen (secondary N) is 1.